The first-order valence-electron chi connectivity index (χ1n) is 11.1. The van der Waals surface area contributed by atoms with Crippen molar-refractivity contribution < 1.29 is 19.1 Å². The number of fused-ring (bicyclic) bond motifs is 1. The predicted molar refractivity (Wildman–Crippen MR) is 129 cm³/mol. The fraction of sp³-hybridized carbons (Fsp3) is 0.458. The number of piperidine rings is 1. The summed E-state index contributed by atoms with van der Waals surface area (Å²) >= 11 is 1.58. The molecule has 4 rings (SSSR count). The molecule has 1 fully saturated rings. The van der Waals surface area contributed by atoms with Crippen LogP contribution in [0, 0.1) is 5.92 Å². The van der Waals surface area contributed by atoms with Gasteiger partial charge in [0.1, 0.15) is 28.2 Å². The molecule has 0 saturated carbocycles. The van der Waals surface area contributed by atoms with Crippen LogP contribution in [0.4, 0.5) is 4.79 Å². The van der Waals surface area contributed by atoms with E-state index >= 15 is 0 Å². The lowest BCUT2D eigenvalue weighted by molar-refractivity contribution is 0.0183. The summed E-state index contributed by atoms with van der Waals surface area (Å²) < 4.78 is 10.9. The molecule has 9 heteroatoms. The summed E-state index contributed by atoms with van der Waals surface area (Å²) in [5, 5.41) is 5.05. The van der Waals surface area contributed by atoms with Gasteiger partial charge in [0.25, 0.3) is 5.91 Å². The molecule has 3 heterocycles. The minimum absolute atomic E-state index is 0.165. The maximum absolute atomic E-state index is 13.0. The van der Waals surface area contributed by atoms with Gasteiger partial charge in [0.05, 0.1) is 17.6 Å². The first kappa shape index (κ1) is 23.1. The largest absolute Gasteiger partial charge is 0.494 e. The Kier molecular flexibility index (Phi) is 6.60. The fourth-order valence-corrected chi connectivity index (χ4v) is 4.60. The third-order valence-electron chi connectivity index (χ3n) is 5.64. The van der Waals surface area contributed by atoms with Crippen molar-refractivity contribution in [1.82, 2.24) is 20.2 Å². The third-order valence-corrected chi connectivity index (χ3v) is 6.52. The van der Waals surface area contributed by atoms with Gasteiger partial charge in [-0.25, -0.2) is 9.78 Å². The number of rotatable bonds is 5. The fourth-order valence-electron chi connectivity index (χ4n) is 3.93. The lowest BCUT2D eigenvalue weighted by atomic mass is 9.97. The second kappa shape index (κ2) is 9.43. The minimum atomic E-state index is -0.499. The Labute approximate surface area is 197 Å². The molecule has 1 aromatic carbocycles. The molecule has 176 valence electrons. The molecule has 1 aliphatic rings. The number of hydrogen-bond acceptors (Lipinski definition) is 6. The highest BCUT2D eigenvalue weighted by molar-refractivity contribution is 7.13. The Morgan fingerprint density at radius 3 is 2.64 bits per heavy atom. The van der Waals surface area contributed by atoms with E-state index < -0.39 is 5.60 Å². The van der Waals surface area contributed by atoms with Crippen molar-refractivity contribution in [1.29, 1.82) is 0 Å². The van der Waals surface area contributed by atoms with E-state index in [1.54, 1.807) is 35.5 Å². The van der Waals surface area contributed by atoms with Crippen LogP contribution in [0.15, 0.2) is 29.6 Å². The molecule has 0 radical (unpaired) electrons. The number of carbonyl (C=O) groups is 2. The van der Waals surface area contributed by atoms with Gasteiger partial charge in [-0.2, -0.15) is 0 Å². The lowest BCUT2D eigenvalue weighted by Gasteiger charge is -2.33. The van der Waals surface area contributed by atoms with Crippen molar-refractivity contribution in [2.45, 2.75) is 39.2 Å². The van der Waals surface area contributed by atoms with Gasteiger partial charge >= 0.3 is 6.09 Å². The van der Waals surface area contributed by atoms with E-state index in [1.807, 2.05) is 38.3 Å². The Morgan fingerprint density at radius 2 is 2.00 bits per heavy atom. The van der Waals surface area contributed by atoms with E-state index in [9.17, 15) is 9.59 Å². The number of aromatic amines is 1. The van der Waals surface area contributed by atoms with E-state index in [1.165, 1.54) is 0 Å². The molecule has 1 saturated heterocycles. The molecule has 1 aliphatic heterocycles. The standard InChI is InChI=1S/C24H30N4O4S/c1-24(2,3)32-23(30)28-11-9-15(10-12-28)14-25-22(29)16-7-8-17(31-4)20-19(16)26-21(27-20)18-6-5-13-33-18/h5-8,13,15H,9-12,14H2,1-4H3,(H,25,29)(H,26,27). The summed E-state index contributed by atoms with van der Waals surface area (Å²) in [6.07, 6.45) is 1.37. The molecule has 0 atom stereocenters. The van der Waals surface area contributed by atoms with Gasteiger partial charge in [-0.15, -0.1) is 11.3 Å². The predicted octanol–water partition coefficient (Wildman–Crippen LogP) is 4.68. The number of nitrogens with one attached hydrogen (secondary N) is 2. The van der Waals surface area contributed by atoms with Crippen LogP contribution in [-0.2, 0) is 4.74 Å². The number of nitrogens with zero attached hydrogens (tertiary/aromatic N) is 2. The first-order valence-corrected chi connectivity index (χ1v) is 12.0. The van der Waals surface area contributed by atoms with E-state index in [4.69, 9.17) is 14.5 Å². The van der Waals surface area contributed by atoms with Crippen LogP contribution in [0.3, 0.4) is 0 Å². The van der Waals surface area contributed by atoms with Gasteiger partial charge in [-0.05, 0) is 63.1 Å². The minimum Gasteiger partial charge on any atom is -0.494 e. The molecule has 33 heavy (non-hydrogen) atoms. The number of likely N-dealkylation sites (tertiary alicyclic amines) is 1. The smallest absolute Gasteiger partial charge is 0.410 e. The normalized spacial score (nSPS) is 15.0. The number of amides is 2. The maximum Gasteiger partial charge on any atom is 0.410 e. The van der Waals surface area contributed by atoms with Crippen molar-refractivity contribution in [2.75, 3.05) is 26.7 Å². The summed E-state index contributed by atoms with van der Waals surface area (Å²) in [6, 6.07) is 7.48. The number of ether oxygens (including phenoxy) is 2. The zero-order valence-electron chi connectivity index (χ0n) is 19.4. The van der Waals surface area contributed by atoms with Gasteiger partial charge < -0.3 is 24.7 Å². The summed E-state index contributed by atoms with van der Waals surface area (Å²) in [5.74, 6) is 1.50. The molecule has 3 aromatic rings. The monoisotopic (exact) mass is 470 g/mol. The maximum atomic E-state index is 13.0. The van der Waals surface area contributed by atoms with Crippen LogP contribution in [0.1, 0.15) is 44.0 Å². The van der Waals surface area contributed by atoms with Crippen LogP contribution in [-0.4, -0.2) is 59.2 Å². The topological polar surface area (TPSA) is 96.6 Å². The third kappa shape index (κ3) is 5.30. The van der Waals surface area contributed by atoms with Crippen molar-refractivity contribution in [2.24, 2.45) is 5.92 Å². The van der Waals surface area contributed by atoms with Crippen molar-refractivity contribution >= 4 is 34.4 Å². The highest BCUT2D eigenvalue weighted by Gasteiger charge is 2.27. The number of benzene rings is 1. The van der Waals surface area contributed by atoms with Crippen LogP contribution in [0.2, 0.25) is 0 Å². The molecule has 8 nitrogen and oxygen atoms in total. The number of imidazole rings is 1. The van der Waals surface area contributed by atoms with E-state index in [0.29, 0.717) is 53.7 Å². The van der Waals surface area contributed by atoms with Crippen LogP contribution < -0.4 is 10.1 Å². The molecule has 2 amide bonds. The SMILES string of the molecule is COc1ccc(C(=O)NCC2CCN(C(=O)OC(C)(C)C)CC2)c2nc(-c3cccs3)[nH]c12. The van der Waals surface area contributed by atoms with Crippen LogP contribution in [0.5, 0.6) is 5.75 Å². The molecule has 0 unspecified atom stereocenters. The second-order valence-corrected chi connectivity index (χ2v) is 10.2. The van der Waals surface area contributed by atoms with Crippen LogP contribution >= 0.6 is 11.3 Å². The Morgan fingerprint density at radius 1 is 1.24 bits per heavy atom. The zero-order chi connectivity index (χ0) is 23.6. The van der Waals surface area contributed by atoms with Gasteiger partial charge in [-0.3, -0.25) is 4.79 Å². The molecule has 2 N–H and O–H groups in total. The quantitative estimate of drug-likeness (QED) is 0.565. The van der Waals surface area contributed by atoms with Crippen LogP contribution in [0.25, 0.3) is 21.7 Å². The summed E-state index contributed by atoms with van der Waals surface area (Å²) in [6.45, 7) is 7.42. The second-order valence-electron chi connectivity index (χ2n) is 9.22. The van der Waals surface area contributed by atoms with E-state index in [2.05, 4.69) is 10.3 Å². The van der Waals surface area contributed by atoms with E-state index in [-0.39, 0.29) is 12.0 Å². The Balaban J connectivity index is 1.40. The molecule has 0 bridgehead atoms. The average molecular weight is 471 g/mol. The van der Waals surface area contributed by atoms with Crippen molar-refractivity contribution in [3.63, 3.8) is 0 Å². The van der Waals surface area contributed by atoms with Gasteiger partial charge in [0, 0.05) is 19.6 Å². The van der Waals surface area contributed by atoms with Crippen molar-refractivity contribution in [3.8, 4) is 16.5 Å². The van der Waals surface area contributed by atoms with Gasteiger partial charge in [0.15, 0.2) is 0 Å². The Bertz CT molecular complexity index is 1130. The molecule has 0 spiro atoms. The average Bonchev–Trinajstić information content (AvgIpc) is 3.46. The molecular formula is C24H30N4O4S. The first-order chi connectivity index (χ1) is 15.7. The number of methoxy groups -OCH3 is 1. The highest BCUT2D eigenvalue weighted by atomic mass is 32.1. The van der Waals surface area contributed by atoms with Gasteiger partial charge in [-0.1, -0.05) is 6.07 Å². The number of aromatic nitrogens is 2. The Hall–Kier alpha value is -3.07. The lowest BCUT2D eigenvalue weighted by Crippen LogP contribution is -2.43. The van der Waals surface area contributed by atoms with Crippen molar-refractivity contribution in [3.05, 3.63) is 35.2 Å². The molecule has 2 aromatic heterocycles. The number of H-pyrrole nitrogens is 1. The van der Waals surface area contributed by atoms with E-state index in [0.717, 1.165) is 17.7 Å². The van der Waals surface area contributed by atoms with Gasteiger partial charge in [0.2, 0.25) is 0 Å². The zero-order valence-corrected chi connectivity index (χ0v) is 20.3. The number of carbonyl (C=O) groups excluding carboxylic acids is 2. The summed E-state index contributed by atoms with van der Waals surface area (Å²) in [5.41, 5.74) is 1.31. The highest BCUT2D eigenvalue weighted by Crippen LogP contribution is 2.31. The summed E-state index contributed by atoms with van der Waals surface area (Å²) in [7, 11) is 1.60. The molecule has 0 aliphatic carbocycles. The molecular weight excluding hydrogens is 440 g/mol. The number of hydrogen-bond donors (Lipinski definition) is 2. The summed E-state index contributed by atoms with van der Waals surface area (Å²) in [4.78, 5) is 36.0. The number of thiophene rings is 1.